The van der Waals surface area contributed by atoms with E-state index in [-0.39, 0.29) is 12.1 Å². The molecule has 7 nitrogen and oxygen atoms in total. The largest absolute Gasteiger partial charge is 0.493 e. The number of anilines is 1. The molecule has 1 heterocycles. The average Bonchev–Trinajstić information content (AvgIpc) is 2.73. The number of piperidine rings is 1. The Morgan fingerprint density at radius 2 is 1.68 bits per heavy atom. The molecule has 28 heavy (non-hydrogen) atoms. The van der Waals surface area contributed by atoms with Crippen molar-refractivity contribution in [2.45, 2.75) is 31.8 Å². The van der Waals surface area contributed by atoms with Gasteiger partial charge in [0.15, 0.2) is 11.5 Å². The molecule has 1 unspecified atom stereocenters. The molecule has 0 bridgehead atoms. The topological polar surface area (TPSA) is 85.1 Å². The summed E-state index contributed by atoms with van der Waals surface area (Å²) in [6.07, 6.45) is 2.94. The first-order chi connectivity index (χ1) is 13.5. The zero-order valence-corrected chi connectivity index (χ0v) is 16.3. The van der Waals surface area contributed by atoms with Gasteiger partial charge in [0.05, 0.1) is 31.3 Å². The molecule has 0 aliphatic carbocycles. The molecule has 0 radical (unpaired) electrons. The number of aliphatic hydroxyl groups is 1. The van der Waals surface area contributed by atoms with E-state index in [1.165, 1.54) is 39.5 Å². The van der Waals surface area contributed by atoms with Gasteiger partial charge in [-0.2, -0.15) is 0 Å². The summed E-state index contributed by atoms with van der Waals surface area (Å²) in [4.78, 5) is 13.3. The van der Waals surface area contributed by atoms with Gasteiger partial charge in [-0.25, -0.2) is 0 Å². The molecule has 1 aliphatic rings. The lowest BCUT2D eigenvalue weighted by Gasteiger charge is -2.29. The predicted octanol–water partition coefficient (Wildman–Crippen LogP) is 3.88. The smallest absolute Gasteiger partial charge is 0.276 e. The highest BCUT2D eigenvalue weighted by atomic mass is 16.6. The molecule has 1 atom stereocenters. The number of nitro benzene ring substituents is 1. The van der Waals surface area contributed by atoms with Gasteiger partial charge in [-0.3, -0.25) is 10.1 Å². The number of methoxy groups -OCH3 is 2. The van der Waals surface area contributed by atoms with Crippen molar-refractivity contribution in [3.8, 4) is 11.5 Å². The molecule has 3 rings (SSSR count). The monoisotopic (exact) mass is 386 g/mol. The Balaban J connectivity index is 1.80. The van der Waals surface area contributed by atoms with Crippen LogP contribution in [0.4, 0.5) is 11.4 Å². The fourth-order valence-electron chi connectivity index (χ4n) is 3.63. The average molecular weight is 386 g/mol. The fourth-order valence-corrected chi connectivity index (χ4v) is 3.63. The van der Waals surface area contributed by atoms with Crippen LogP contribution in [0, 0.1) is 10.1 Å². The van der Waals surface area contributed by atoms with Gasteiger partial charge in [-0.1, -0.05) is 12.1 Å². The molecule has 0 saturated carbocycles. The second kappa shape index (κ2) is 8.93. The molecule has 2 aromatic rings. The van der Waals surface area contributed by atoms with Crippen molar-refractivity contribution in [3.05, 3.63) is 57.6 Å². The molecular weight excluding hydrogens is 360 g/mol. The van der Waals surface area contributed by atoms with Gasteiger partial charge in [-0.05, 0) is 43.0 Å². The molecule has 1 fully saturated rings. The van der Waals surface area contributed by atoms with Crippen molar-refractivity contribution in [2.24, 2.45) is 0 Å². The molecule has 2 aromatic carbocycles. The van der Waals surface area contributed by atoms with E-state index < -0.39 is 11.0 Å². The molecule has 1 aliphatic heterocycles. The summed E-state index contributed by atoms with van der Waals surface area (Å²) in [5.74, 6) is 0.689. The third-order valence-electron chi connectivity index (χ3n) is 5.19. The van der Waals surface area contributed by atoms with Gasteiger partial charge in [0.2, 0.25) is 0 Å². The number of benzene rings is 2. The fraction of sp³-hybridized carbons (Fsp3) is 0.429. The van der Waals surface area contributed by atoms with Gasteiger partial charge in [-0.15, -0.1) is 0 Å². The van der Waals surface area contributed by atoms with Gasteiger partial charge in [0, 0.05) is 30.8 Å². The normalized spacial score (nSPS) is 15.2. The number of hydrogen-bond acceptors (Lipinski definition) is 6. The lowest BCUT2D eigenvalue weighted by atomic mass is 9.99. The quantitative estimate of drug-likeness (QED) is 0.574. The minimum absolute atomic E-state index is 0.0957. The van der Waals surface area contributed by atoms with Crippen LogP contribution in [0.2, 0.25) is 0 Å². The van der Waals surface area contributed by atoms with Gasteiger partial charge in [0.25, 0.3) is 5.69 Å². The standard InChI is InChI=1S/C21H26N2O5/c1-27-20-13-16(18(23(25)26)14-21(20)28-2)12-19(24)15-6-8-17(9-7-15)22-10-4-3-5-11-22/h6-9,13-14,19,24H,3-5,10-12H2,1-2H3. The van der Waals surface area contributed by atoms with Crippen LogP contribution in [0.15, 0.2) is 36.4 Å². The van der Waals surface area contributed by atoms with Crippen LogP contribution in [-0.4, -0.2) is 37.3 Å². The number of rotatable bonds is 7. The number of ether oxygens (including phenoxy) is 2. The summed E-state index contributed by atoms with van der Waals surface area (Å²) >= 11 is 0. The third kappa shape index (κ3) is 4.36. The third-order valence-corrected chi connectivity index (χ3v) is 5.19. The number of nitrogens with zero attached hydrogens (tertiary/aromatic N) is 2. The molecule has 1 N–H and O–H groups in total. The van der Waals surface area contributed by atoms with Gasteiger partial charge in [0.1, 0.15) is 0 Å². The number of nitro groups is 1. The summed E-state index contributed by atoms with van der Waals surface area (Å²) in [7, 11) is 2.91. The first kappa shape index (κ1) is 19.9. The van der Waals surface area contributed by atoms with E-state index in [1.807, 2.05) is 24.3 Å². The summed E-state index contributed by atoms with van der Waals surface area (Å²) in [6, 6.07) is 10.7. The van der Waals surface area contributed by atoms with Crippen LogP contribution in [0.3, 0.4) is 0 Å². The summed E-state index contributed by atoms with van der Waals surface area (Å²) in [6.45, 7) is 2.11. The second-order valence-corrected chi connectivity index (χ2v) is 6.95. The van der Waals surface area contributed by atoms with Crippen LogP contribution >= 0.6 is 0 Å². The summed E-state index contributed by atoms with van der Waals surface area (Å²) < 4.78 is 10.4. The van der Waals surface area contributed by atoms with Crippen LogP contribution < -0.4 is 14.4 Å². The number of aliphatic hydroxyl groups excluding tert-OH is 1. The maximum atomic E-state index is 11.4. The Morgan fingerprint density at radius 3 is 2.25 bits per heavy atom. The van der Waals surface area contributed by atoms with E-state index >= 15 is 0 Å². The predicted molar refractivity (Wildman–Crippen MR) is 107 cm³/mol. The molecule has 0 amide bonds. The van der Waals surface area contributed by atoms with Crippen LogP contribution in [0.1, 0.15) is 36.5 Å². The van der Waals surface area contributed by atoms with Crippen molar-refractivity contribution in [2.75, 3.05) is 32.2 Å². The van der Waals surface area contributed by atoms with Crippen molar-refractivity contribution in [3.63, 3.8) is 0 Å². The van der Waals surface area contributed by atoms with Gasteiger partial charge < -0.3 is 19.5 Å². The maximum absolute atomic E-state index is 11.4. The van der Waals surface area contributed by atoms with E-state index in [1.54, 1.807) is 6.07 Å². The van der Waals surface area contributed by atoms with Crippen molar-refractivity contribution in [1.29, 1.82) is 0 Å². The van der Waals surface area contributed by atoms with Crippen molar-refractivity contribution < 1.29 is 19.5 Å². The molecule has 7 heteroatoms. The molecule has 0 spiro atoms. The highest BCUT2D eigenvalue weighted by Crippen LogP contribution is 2.36. The molecule has 150 valence electrons. The van der Waals surface area contributed by atoms with Crippen LogP contribution in [0.5, 0.6) is 11.5 Å². The van der Waals surface area contributed by atoms with E-state index in [4.69, 9.17) is 9.47 Å². The Hall–Kier alpha value is -2.80. The number of hydrogen-bond donors (Lipinski definition) is 1. The zero-order chi connectivity index (χ0) is 20.1. The minimum atomic E-state index is -0.854. The van der Waals surface area contributed by atoms with Gasteiger partial charge >= 0.3 is 0 Å². The Bertz CT molecular complexity index is 816. The van der Waals surface area contributed by atoms with E-state index in [2.05, 4.69) is 4.90 Å². The highest BCUT2D eigenvalue weighted by molar-refractivity contribution is 5.55. The SMILES string of the molecule is COc1cc(CC(O)c2ccc(N3CCCCC3)cc2)c([N+](=O)[O-])cc1OC. The van der Waals surface area contributed by atoms with Crippen LogP contribution in [0.25, 0.3) is 0 Å². The Kier molecular flexibility index (Phi) is 6.36. The Morgan fingerprint density at radius 1 is 1.07 bits per heavy atom. The zero-order valence-electron chi connectivity index (χ0n) is 16.3. The van der Waals surface area contributed by atoms with E-state index in [0.717, 1.165) is 24.3 Å². The van der Waals surface area contributed by atoms with E-state index in [9.17, 15) is 15.2 Å². The highest BCUT2D eigenvalue weighted by Gasteiger charge is 2.22. The summed E-state index contributed by atoms with van der Waals surface area (Å²) in [5, 5.41) is 22.1. The molecule has 0 aromatic heterocycles. The van der Waals surface area contributed by atoms with Crippen molar-refractivity contribution in [1.82, 2.24) is 0 Å². The first-order valence-electron chi connectivity index (χ1n) is 9.45. The first-order valence-corrected chi connectivity index (χ1v) is 9.45. The van der Waals surface area contributed by atoms with E-state index in [0.29, 0.717) is 17.1 Å². The minimum Gasteiger partial charge on any atom is -0.493 e. The summed E-state index contributed by atoms with van der Waals surface area (Å²) in [5.41, 5.74) is 2.18. The maximum Gasteiger partial charge on any atom is 0.276 e. The van der Waals surface area contributed by atoms with Crippen molar-refractivity contribution >= 4 is 11.4 Å². The lowest BCUT2D eigenvalue weighted by Crippen LogP contribution is -2.29. The molecular formula is C21H26N2O5. The molecule has 1 saturated heterocycles. The Labute approximate surface area is 164 Å². The lowest BCUT2D eigenvalue weighted by molar-refractivity contribution is -0.385. The second-order valence-electron chi connectivity index (χ2n) is 6.95. The van der Waals surface area contributed by atoms with Crippen LogP contribution in [-0.2, 0) is 6.42 Å².